The Morgan fingerprint density at radius 3 is 2.63 bits per heavy atom. The molecule has 1 unspecified atom stereocenters. The number of esters is 1. The molecule has 7 nitrogen and oxygen atoms in total. The van der Waals surface area contributed by atoms with Crippen molar-refractivity contribution in [3.8, 4) is 5.75 Å². The van der Waals surface area contributed by atoms with E-state index in [1.54, 1.807) is 49.4 Å². The van der Waals surface area contributed by atoms with Gasteiger partial charge in [-0.3, -0.25) is 9.36 Å². The molecule has 0 spiro atoms. The first kappa shape index (κ1) is 18.4. The summed E-state index contributed by atoms with van der Waals surface area (Å²) in [6.07, 6.45) is 0. The second-order valence-electron chi connectivity index (χ2n) is 6.07. The van der Waals surface area contributed by atoms with Crippen molar-refractivity contribution in [1.82, 2.24) is 4.57 Å². The van der Waals surface area contributed by atoms with Crippen LogP contribution >= 0.6 is 0 Å². The van der Waals surface area contributed by atoms with Gasteiger partial charge in [-0.15, -0.1) is 0 Å². The van der Waals surface area contributed by atoms with E-state index in [4.69, 9.17) is 13.9 Å². The van der Waals surface area contributed by atoms with Crippen LogP contribution in [-0.2, 0) is 16.1 Å². The summed E-state index contributed by atoms with van der Waals surface area (Å²) in [6.45, 7) is 2.93. The molecule has 0 fully saturated rings. The molecule has 0 N–H and O–H groups in total. The van der Waals surface area contributed by atoms with E-state index in [2.05, 4.69) is 0 Å². The Balaban J connectivity index is 1.81. The van der Waals surface area contributed by atoms with Gasteiger partial charge in [0.25, 0.3) is 0 Å². The fourth-order valence-electron chi connectivity index (χ4n) is 2.84. The molecule has 1 atom stereocenters. The normalized spacial score (nSPS) is 12.0. The number of Topliss-reactive ketones (excluding diaryl/α,β-unsaturated/α-hetero) is 1. The second-order valence-corrected chi connectivity index (χ2v) is 6.07. The highest BCUT2D eigenvalue weighted by atomic mass is 16.5. The smallest absolute Gasteiger partial charge is 0.420 e. The Morgan fingerprint density at radius 2 is 1.93 bits per heavy atom. The number of hydrogen-bond acceptors (Lipinski definition) is 6. The van der Waals surface area contributed by atoms with Gasteiger partial charge in [-0.05, 0) is 44.2 Å². The molecule has 3 rings (SSSR count). The highest BCUT2D eigenvalue weighted by molar-refractivity contribution is 5.94. The molecule has 1 aromatic heterocycles. The topological polar surface area (TPSA) is 87.7 Å². The van der Waals surface area contributed by atoms with Gasteiger partial charge in [0.15, 0.2) is 11.4 Å². The lowest BCUT2D eigenvalue weighted by Crippen LogP contribution is -2.26. The van der Waals surface area contributed by atoms with Crippen LogP contribution in [0.15, 0.2) is 51.7 Å². The maximum Gasteiger partial charge on any atom is 0.420 e. The first-order valence-electron chi connectivity index (χ1n) is 8.37. The third kappa shape index (κ3) is 3.62. The number of nitrogens with zero attached hydrogens (tertiary/aromatic N) is 1. The molecule has 0 amide bonds. The number of oxazole rings is 1. The van der Waals surface area contributed by atoms with Gasteiger partial charge in [-0.2, -0.15) is 0 Å². The third-order valence-electron chi connectivity index (χ3n) is 4.30. The van der Waals surface area contributed by atoms with Crippen LogP contribution in [0.4, 0.5) is 0 Å². The van der Waals surface area contributed by atoms with E-state index in [0.29, 0.717) is 28.0 Å². The average molecular weight is 369 g/mol. The Kier molecular flexibility index (Phi) is 5.12. The van der Waals surface area contributed by atoms with Crippen LogP contribution in [0.2, 0.25) is 0 Å². The maximum absolute atomic E-state index is 12.5. The van der Waals surface area contributed by atoms with E-state index < -0.39 is 17.8 Å². The molecule has 0 bridgehead atoms. The minimum atomic E-state index is -0.872. The van der Waals surface area contributed by atoms with E-state index in [0.717, 1.165) is 0 Å². The van der Waals surface area contributed by atoms with E-state index in [9.17, 15) is 14.4 Å². The summed E-state index contributed by atoms with van der Waals surface area (Å²) in [5, 5.41) is 0. The van der Waals surface area contributed by atoms with E-state index >= 15 is 0 Å². The summed E-state index contributed by atoms with van der Waals surface area (Å²) >= 11 is 0. The molecule has 2 aromatic carbocycles. The number of fused-ring (bicyclic) bond motifs is 1. The number of carbonyl (C=O) groups excluding carboxylic acids is 2. The van der Waals surface area contributed by atoms with Crippen LogP contribution < -0.4 is 10.5 Å². The molecule has 27 heavy (non-hydrogen) atoms. The van der Waals surface area contributed by atoms with Gasteiger partial charge in [0.05, 0.1) is 12.6 Å². The van der Waals surface area contributed by atoms with Gasteiger partial charge in [-0.1, -0.05) is 12.1 Å². The van der Waals surface area contributed by atoms with Crippen molar-refractivity contribution in [2.24, 2.45) is 0 Å². The van der Waals surface area contributed by atoms with Crippen molar-refractivity contribution in [3.05, 3.63) is 64.1 Å². The van der Waals surface area contributed by atoms with Crippen molar-refractivity contribution in [2.75, 3.05) is 7.11 Å². The van der Waals surface area contributed by atoms with Gasteiger partial charge in [0.2, 0.25) is 0 Å². The molecule has 3 aromatic rings. The van der Waals surface area contributed by atoms with Crippen LogP contribution in [0.1, 0.15) is 35.8 Å². The summed E-state index contributed by atoms with van der Waals surface area (Å²) < 4.78 is 17.0. The minimum Gasteiger partial charge on any atom is -0.496 e. The van der Waals surface area contributed by atoms with Crippen molar-refractivity contribution >= 4 is 22.9 Å². The predicted octanol–water partition coefficient (Wildman–Crippen LogP) is 3.11. The van der Waals surface area contributed by atoms with Gasteiger partial charge in [0, 0.05) is 11.1 Å². The second kappa shape index (κ2) is 7.49. The summed E-state index contributed by atoms with van der Waals surface area (Å²) in [4.78, 5) is 36.2. The molecule has 1 heterocycles. The molecule has 140 valence electrons. The van der Waals surface area contributed by atoms with Crippen molar-refractivity contribution < 1.29 is 23.5 Å². The van der Waals surface area contributed by atoms with Crippen LogP contribution in [0.5, 0.6) is 5.75 Å². The SMILES string of the molecule is COc1ccc(C(C)=O)cc1COC(=O)C(C)n1c(=O)oc2ccccc21. The van der Waals surface area contributed by atoms with Crippen LogP contribution in [0, 0.1) is 0 Å². The fourth-order valence-corrected chi connectivity index (χ4v) is 2.84. The van der Waals surface area contributed by atoms with Gasteiger partial charge < -0.3 is 13.9 Å². The van der Waals surface area contributed by atoms with Crippen molar-refractivity contribution in [1.29, 1.82) is 0 Å². The van der Waals surface area contributed by atoms with Crippen LogP contribution in [0.3, 0.4) is 0 Å². The Morgan fingerprint density at radius 1 is 1.19 bits per heavy atom. The predicted molar refractivity (Wildman–Crippen MR) is 98.0 cm³/mol. The number of benzene rings is 2. The number of methoxy groups -OCH3 is 1. The zero-order valence-corrected chi connectivity index (χ0v) is 15.2. The monoisotopic (exact) mass is 369 g/mol. The standard InChI is InChI=1S/C20H19NO6/c1-12(21-16-6-4-5-7-18(16)27-20(21)24)19(23)26-11-15-10-14(13(2)22)8-9-17(15)25-3/h4-10,12H,11H2,1-3H3. The molecule has 0 aliphatic rings. The first-order valence-corrected chi connectivity index (χ1v) is 8.37. The van der Waals surface area contributed by atoms with Crippen molar-refractivity contribution in [2.45, 2.75) is 26.5 Å². The summed E-state index contributed by atoms with van der Waals surface area (Å²) in [6, 6.07) is 10.9. The zero-order chi connectivity index (χ0) is 19.6. The first-order chi connectivity index (χ1) is 12.9. The molecule has 0 aliphatic heterocycles. The van der Waals surface area contributed by atoms with Gasteiger partial charge >= 0.3 is 11.7 Å². The van der Waals surface area contributed by atoms with E-state index in [-0.39, 0.29) is 12.4 Å². The zero-order valence-electron chi connectivity index (χ0n) is 15.2. The lowest BCUT2D eigenvalue weighted by molar-refractivity contribution is -0.148. The molecular formula is C20H19NO6. The average Bonchev–Trinajstić information content (AvgIpc) is 3.00. The van der Waals surface area contributed by atoms with E-state index in [1.165, 1.54) is 18.6 Å². The van der Waals surface area contributed by atoms with Gasteiger partial charge in [-0.25, -0.2) is 9.59 Å². The summed E-state index contributed by atoms with van der Waals surface area (Å²) in [7, 11) is 1.49. The number of hydrogen-bond donors (Lipinski definition) is 0. The number of ether oxygens (including phenoxy) is 2. The molecule has 7 heteroatoms. The summed E-state index contributed by atoms with van der Waals surface area (Å²) in [5.74, 6) is -0.822. The largest absolute Gasteiger partial charge is 0.496 e. The molecule has 0 saturated heterocycles. The maximum atomic E-state index is 12.5. The number of carbonyl (C=O) groups is 2. The number of para-hydroxylation sites is 2. The summed E-state index contributed by atoms with van der Waals surface area (Å²) in [5.41, 5.74) is 1.98. The number of rotatable bonds is 6. The van der Waals surface area contributed by atoms with Gasteiger partial charge in [0.1, 0.15) is 18.4 Å². The Hall–Kier alpha value is -3.35. The fraction of sp³-hybridized carbons (Fsp3) is 0.250. The van der Waals surface area contributed by atoms with Crippen LogP contribution in [0.25, 0.3) is 11.1 Å². The number of ketones is 1. The molecule has 0 radical (unpaired) electrons. The number of aromatic nitrogens is 1. The Labute approximate surface area is 155 Å². The Bertz CT molecular complexity index is 1060. The van der Waals surface area contributed by atoms with Crippen molar-refractivity contribution in [3.63, 3.8) is 0 Å². The quantitative estimate of drug-likeness (QED) is 0.490. The molecular weight excluding hydrogens is 350 g/mol. The van der Waals surface area contributed by atoms with Crippen LogP contribution in [-0.4, -0.2) is 23.4 Å². The lowest BCUT2D eigenvalue weighted by Gasteiger charge is -2.14. The highest BCUT2D eigenvalue weighted by Crippen LogP contribution is 2.23. The minimum absolute atomic E-state index is 0.0853. The lowest BCUT2D eigenvalue weighted by atomic mass is 10.1. The third-order valence-corrected chi connectivity index (χ3v) is 4.30. The molecule has 0 saturated carbocycles. The van der Waals surface area contributed by atoms with E-state index in [1.807, 2.05) is 0 Å². The molecule has 0 aliphatic carbocycles. The highest BCUT2D eigenvalue weighted by Gasteiger charge is 2.23.